The molecule has 1 heterocycles. The van der Waals surface area contributed by atoms with E-state index in [0.29, 0.717) is 29.5 Å². The number of ether oxygens (including phenoxy) is 1. The Labute approximate surface area is 142 Å². The Balaban J connectivity index is 2.38. The average molecular weight is 337 g/mol. The third-order valence-corrected chi connectivity index (χ3v) is 5.71. The molecule has 1 aliphatic carbocycles. The zero-order valence-electron chi connectivity index (χ0n) is 14.7. The highest BCUT2D eigenvalue weighted by Gasteiger charge is 2.34. The predicted molar refractivity (Wildman–Crippen MR) is 94.2 cm³/mol. The molecular weight excluding hydrogens is 310 g/mol. The van der Waals surface area contributed by atoms with Crippen LogP contribution in [0.25, 0.3) is 0 Å². The van der Waals surface area contributed by atoms with Gasteiger partial charge in [-0.15, -0.1) is 11.3 Å². The minimum atomic E-state index is -0.314. The van der Waals surface area contributed by atoms with Gasteiger partial charge in [0.05, 0.1) is 12.2 Å². The van der Waals surface area contributed by atoms with E-state index in [1.165, 1.54) is 4.88 Å². The van der Waals surface area contributed by atoms with Crippen LogP contribution in [0.1, 0.15) is 68.3 Å². The zero-order valence-corrected chi connectivity index (χ0v) is 15.6. The molecule has 1 atom stereocenters. The van der Waals surface area contributed by atoms with Crippen molar-refractivity contribution in [2.75, 3.05) is 11.9 Å². The lowest BCUT2D eigenvalue weighted by Gasteiger charge is -2.33. The molecule has 5 heteroatoms. The molecule has 0 aromatic carbocycles. The number of nitrogens with one attached hydrogen (secondary N) is 1. The number of thiophene rings is 1. The van der Waals surface area contributed by atoms with Crippen LogP contribution in [0.2, 0.25) is 0 Å². The summed E-state index contributed by atoms with van der Waals surface area (Å²) in [6.45, 7) is 10.8. The van der Waals surface area contributed by atoms with Crippen molar-refractivity contribution in [1.82, 2.24) is 0 Å². The minimum absolute atomic E-state index is 0.0680. The quantitative estimate of drug-likeness (QED) is 0.827. The van der Waals surface area contributed by atoms with Crippen molar-refractivity contribution in [1.29, 1.82) is 0 Å². The first kappa shape index (κ1) is 18.0. The van der Waals surface area contributed by atoms with E-state index in [1.54, 1.807) is 18.3 Å². The Bertz CT molecular complexity index is 598. The second kappa shape index (κ2) is 7.04. The number of carbonyl (C=O) groups excluding carboxylic acids is 2. The molecule has 1 aromatic heterocycles. The molecule has 0 saturated carbocycles. The summed E-state index contributed by atoms with van der Waals surface area (Å²) >= 11 is 1.55. The van der Waals surface area contributed by atoms with Crippen molar-refractivity contribution >= 4 is 28.2 Å². The van der Waals surface area contributed by atoms with E-state index >= 15 is 0 Å². The normalized spacial score (nSPS) is 17.5. The summed E-state index contributed by atoms with van der Waals surface area (Å²) in [6, 6.07) is 0. The summed E-state index contributed by atoms with van der Waals surface area (Å²) in [5, 5.41) is 3.55. The SMILES string of the molecule is CCOC(=O)c1c(NC(=O)CC)sc2c1CC[C@H](C(C)(C)C)C2. The molecule has 0 fully saturated rings. The maximum Gasteiger partial charge on any atom is 0.341 e. The van der Waals surface area contributed by atoms with E-state index < -0.39 is 0 Å². The van der Waals surface area contributed by atoms with Crippen molar-refractivity contribution < 1.29 is 14.3 Å². The fourth-order valence-corrected chi connectivity index (χ4v) is 4.38. The summed E-state index contributed by atoms with van der Waals surface area (Å²) in [4.78, 5) is 25.4. The van der Waals surface area contributed by atoms with E-state index in [4.69, 9.17) is 4.74 Å². The number of fused-ring (bicyclic) bond motifs is 1. The second-order valence-corrected chi connectivity index (χ2v) is 8.24. The van der Waals surface area contributed by atoms with Gasteiger partial charge in [0.2, 0.25) is 5.91 Å². The Morgan fingerprint density at radius 3 is 2.57 bits per heavy atom. The third-order valence-electron chi connectivity index (χ3n) is 4.54. The van der Waals surface area contributed by atoms with Crippen LogP contribution in [-0.2, 0) is 22.4 Å². The van der Waals surface area contributed by atoms with E-state index in [1.807, 2.05) is 6.92 Å². The summed E-state index contributed by atoms with van der Waals surface area (Å²) < 4.78 is 5.22. The van der Waals surface area contributed by atoms with Gasteiger partial charge in [-0.2, -0.15) is 0 Å². The number of esters is 1. The molecule has 1 aliphatic rings. The van der Waals surface area contributed by atoms with E-state index in [9.17, 15) is 9.59 Å². The zero-order chi connectivity index (χ0) is 17.2. The van der Waals surface area contributed by atoms with Gasteiger partial charge < -0.3 is 10.1 Å². The largest absolute Gasteiger partial charge is 0.462 e. The Morgan fingerprint density at radius 1 is 1.30 bits per heavy atom. The molecule has 0 spiro atoms. The van der Waals surface area contributed by atoms with Crippen molar-refractivity contribution in [2.45, 2.75) is 60.3 Å². The maximum atomic E-state index is 12.4. The molecule has 4 nitrogen and oxygen atoms in total. The molecule has 0 unspecified atom stereocenters. The lowest BCUT2D eigenvalue weighted by Crippen LogP contribution is -2.26. The Hall–Kier alpha value is -1.36. The van der Waals surface area contributed by atoms with E-state index in [2.05, 4.69) is 26.1 Å². The molecule has 0 radical (unpaired) electrons. The number of hydrogen-bond acceptors (Lipinski definition) is 4. The minimum Gasteiger partial charge on any atom is -0.462 e. The molecule has 1 N–H and O–H groups in total. The van der Waals surface area contributed by atoms with Gasteiger partial charge in [0.15, 0.2) is 0 Å². The predicted octanol–water partition coefficient (Wildman–Crippen LogP) is 4.42. The van der Waals surface area contributed by atoms with Gasteiger partial charge in [0.1, 0.15) is 5.00 Å². The van der Waals surface area contributed by atoms with Crippen molar-refractivity contribution in [3.8, 4) is 0 Å². The van der Waals surface area contributed by atoms with Gasteiger partial charge in [-0.25, -0.2) is 4.79 Å². The molecule has 23 heavy (non-hydrogen) atoms. The molecule has 0 bridgehead atoms. The summed E-state index contributed by atoms with van der Waals surface area (Å²) in [5.74, 6) is 0.213. The van der Waals surface area contributed by atoms with E-state index in [-0.39, 0.29) is 17.3 Å². The Kier molecular flexibility index (Phi) is 5.50. The first-order valence-corrected chi connectivity index (χ1v) is 9.21. The third kappa shape index (κ3) is 3.94. The number of carbonyl (C=O) groups is 2. The van der Waals surface area contributed by atoms with Gasteiger partial charge >= 0.3 is 5.97 Å². The number of hydrogen-bond donors (Lipinski definition) is 1. The molecule has 1 aromatic rings. The molecule has 0 aliphatic heterocycles. The van der Waals surface area contributed by atoms with Gasteiger partial charge in [-0.3, -0.25) is 4.79 Å². The highest BCUT2D eigenvalue weighted by atomic mass is 32.1. The monoisotopic (exact) mass is 337 g/mol. The van der Waals surface area contributed by atoms with Gasteiger partial charge in [-0.05, 0) is 43.1 Å². The summed E-state index contributed by atoms with van der Waals surface area (Å²) in [6.07, 6.45) is 3.32. The van der Waals surface area contributed by atoms with Gasteiger partial charge in [0.25, 0.3) is 0 Å². The molecule has 1 amide bonds. The van der Waals surface area contributed by atoms with Crippen molar-refractivity contribution in [3.63, 3.8) is 0 Å². The van der Waals surface area contributed by atoms with Crippen LogP contribution in [-0.4, -0.2) is 18.5 Å². The number of amides is 1. The highest BCUT2D eigenvalue weighted by molar-refractivity contribution is 7.17. The first-order chi connectivity index (χ1) is 10.8. The fourth-order valence-electron chi connectivity index (χ4n) is 3.05. The van der Waals surface area contributed by atoms with Crippen LogP contribution in [0, 0.1) is 11.3 Å². The second-order valence-electron chi connectivity index (χ2n) is 7.14. The van der Waals surface area contributed by atoms with Crippen molar-refractivity contribution in [3.05, 3.63) is 16.0 Å². The Morgan fingerprint density at radius 2 is 2.00 bits per heavy atom. The maximum absolute atomic E-state index is 12.4. The smallest absolute Gasteiger partial charge is 0.341 e. The average Bonchev–Trinajstić information content (AvgIpc) is 2.83. The number of rotatable bonds is 4. The number of anilines is 1. The van der Waals surface area contributed by atoms with E-state index in [0.717, 1.165) is 24.8 Å². The molecular formula is C18H27NO3S. The lowest BCUT2D eigenvalue weighted by molar-refractivity contribution is -0.115. The lowest BCUT2D eigenvalue weighted by atomic mass is 9.72. The summed E-state index contributed by atoms with van der Waals surface area (Å²) in [5.41, 5.74) is 1.92. The van der Waals surface area contributed by atoms with Crippen LogP contribution in [0.3, 0.4) is 0 Å². The topological polar surface area (TPSA) is 55.4 Å². The van der Waals surface area contributed by atoms with Crippen LogP contribution >= 0.6 is 11.3 Å². The van der Waals surface area contributed by atoms with Crippen LogP contribution in [0.4, 0.5) is 5.00 Å². The molecule has 128 valence electrons. The molecule has 0 saturated heterocycles. The van der Waals surface area contributed by atoms with Gasteiger partial charge in [-0.1, -0.05) is 27.7 Å². The fraction of sp³-hybridized carbons (Fsp3) is 0.667. The van der Waals surface area contributed by atoms with Crippen molar-refractivity contribution in [2.24, 2.45) is 11.3 Å². The first-order valence-electron chi connectivity index (χ1n) is 8.39. The van der Waals surface area contributed by atoms with Crippen LogP contribution in [0.5, 0.6) is 0 Å². The van der Waals surface area contributed by atoms with Gasteiger partial charge in [0, 0.05) is 11.3 Å². The van der Waals surface area contributed by atoms with Crippen LogP contribution < -0.4 is 5.32 Å². The standard InChI is InChI=1S/C18H27NO3S/c1-6-14(20)19-16-15(17(21)22-7-2)12-9-8-11(18(3,4)5)10-13(12)23-16/h11H,6-10H2,1-5H3,(H,19,20)/t11-/m0/s1. The van der Waals surface area contributed by atoms with Crippen LogP contribution in [0.15, 0.2) is 0 Å². The highest BCUT2D eigenvalue weighted by Crippen LogP contribution is 2.44. The summed E-state index contributed by atoms with van der Waals surface area (Å²) in [7, 11) is 0. The molecule has 2 rings (SSSR count).